The van der Waals surface area contributed by atoms with Gasteiger partial charge in [0.05, 0.1) is 13.2 Å². The predicted octanol–water partition coefficient (Wildman–Crippen LogP) is -0.904. The van der Waals surface area contributed by atoms with Crippen LogP contribution in [0.4, 0.5) is 0 Å². The second-order valence-electron chi connectivity index (χ2n) is 3.95. The van der Waals surface area contributed by atoms with Crippen molar-refractivity contribution < 1.29 is 34.8 Å². The first-order valence-corrected chi connectivity index (χ1v) is 5.85. The summed E-state index contributed by atoms with van der Waals surface area (Å²) in [6.07, 6.45) is -4.53. The van der Waals surface area contributed by atoms with Crippen molar-refractivity contribution in [1.29, 1.82) is 5.26 Å². The normalized spacial score (nSPS) is 13.6. The lowest BCUT2D eigenvalue weighted by Crippen LogP contribution is -2.39. The molecule has 9 heteroatoms. The average molecular weight is 312 g/mol. The number of nitrogens with zero attached hydrogens (tertiary/aromatic N) is 1. The van der Waals surface area contributed by atoms with Crippen LogP contribution in [-0.4, -0.2) is 51.7 Å². The number of rotatable bonds is 5. The van der Waals surface area contributed by atoms with Crippen molar-refractivity contribution in [2.24, 2.45) is 5.73 Å². The summed E-state index contributed by atoms with van der Waals surface area (Å²) in [5.41, 5.74) is 6.29. The highest BCUT2D eigenvalue weighted by Gasteiger charge is 2.29. The Kier molecular flexibility index (Phi) is 8.17. The molecule has 3 atom stereocenters. The van der Waals surface area contributed by atoms with Gasteiger partial charge in [-0.1, -0.05) is 12.1 Å². The van der Waals surface area contributed by atoms with Gasteiger partial charge in [-0.3, -0.25) is 0 Å². The van der Waals surface area contributed by atoms with Crippen molar-refractivity contribution >= 4 is 11.9 Å². The van der Waals surface area contributed by atoms with Crippen LogP contribution in [0.15, 0.2) is 24.3 Å². The van der Waals surface area contributed by atoms with Gasteiger partial charge in [0, 0.05) is 0 Å². The highest BCUT2D eigenvalue weighted by Crippen LogP contribution is 2.15. The fourth-order valence-corrected chi connectivity index (χ4v) is 1.16. The smallest absolute Gasteiger partial charge is 0.335 e. The van der Waals surface area contributed by atoms with E-state index >= 15 is 0 Å². The molecule has 0 amide bonds. The van der Waals surface area contributed by atoms with Crippen molar-refractivity contribution in [2.45, 2.75) is 18.2 Å². The van der Waals surface area contributed by atoms with Crippen LogP contribution in [0, 0.1) is 11.3 Å². The molecular weight excluding hydrogens is 296 g/mol. The number of nitrogens with two attached hydrogens (primary N) is 1. The third-order valence-electron chi connectivity index (χ3n) is 2.42. The molecule has 0 saturated carbocycles. The fraction of sp³-hybridized carbons (Fsp3) is 0.308. The maximum atomic E-state index is 9.77. The molecule has 6 N–H and O–H groups in total. The van der Waals surface area contributed by atoms with E-state index in [9.17, 15) is 9.59 Å². The van der Waals surface area contributed by atoms with E-state index in [1.54, 1.807) is 31.4 Å². The van der Waals surface area contributed by atoms with Crippen molar-refractivity contribution in [3.05, 3.63) is 29.8 Å². The number of nitriles is 1. The minimum Gasteiger partial charge on any atom is -0.497 e. The van der Waals surface area contributed by atoms with E-state index in [0.717, 1.165) is 11.3 Å². The number of aliphatic hydroxyl groups is 2. The zero-order valence-corrected chi connectivity index (χ0v) is 11.6. The Morgan fingerprint density at radius 1 is 1.14 bits per heavy atom. The number of aliphatic hydroxyl groups excluding tert-OH is 2. The lowest BCUT2D eigenvalue weighted by atomic mass is 10.1. The summed E-state index contributed by atoms with van der Waals surface area (Å²) in [6.45, 7) is 0. The van der Waals surface area contributed by atoms with Crippen molar-refractivity contribution in [1.82, 2.24) is 0 Å². The van der Waals surface area contributed by atoms with Crippen LogP contribution in [0.3, 0.4) is 0 Å². The van der Waals surface area contributed by atoms with E-state index in [1.807, 2.05) is 6.07 Å². The number of ether oxygens (including phenoxy) is 1. The molecule has 1 rings (SSSR count). The summed E-state index contributed by atoms with van der Waals surface area (Å²) in [6, 6.07) is 8.55. The minimum absolute atomic E-state index is 0.545. The van der Waals surface area contributed by atoms with Gasteiger partial charge in [-0.2, -0.15) is 5.26 Å². The molecule has 0 aliphatic rings. The van der Waals surface area contributed by atoms with E-state index in [1.165, 1.54) is 0 Å². The number of carbonyl (C=O) groups is 2. The van der Waals surface area contributed by atoms with E-state index in [-0.39, 0.29) is 0 Å². The van der Waals surface area contributed by atoms with E-state index in [4.69, 9.17) is 36.2 Å². The van der Waals surface area contributed by atoms with Gasteiger partial charge in [0.15, 0.2) is 12.2 Å². The highest BCUT2D eigenvalue weighted by atomic mass is 16.5. The van der Waals surface area contributed by atoms with E-state index in [2.05, 4.69) is 0 Å². The molecule has 9 nitrogen and oxygen atoms in total. The topological polar surface area (TPSA) is 174 Å². The Morgan fingerprint density at radius 2 is 1.55 bits per heavy atom. The van der Waals surface area contributed by atoms with Crippen LogP contribution in [0.2, 0.25) is 0 Å². The summed E-state index contributed by atoms with van der Waals surface area (Å²) in [4.78, 5) is 19.5. The maximum absolute atomic E-state index is 9.77. The molecule has 0 heterocycles. The van der Waals surface area contributed by atoms with Crippen LogP contribution >= 0.6 is 0 Å². The first-order chi connectivity index (χ1) is 10.2. The molecular formula is C13H16N2O7. The van der Waals surface area contributed by atoms with Gasteiger partial charge in [0.2, 0.25) is 0 Å². The van der Waals surface area contributed by atoms with Gasteiger partial charge in [0.1, 0.15) is 11.8 Å². The molecule has 0 aliphatic carbocycles. The Labute approximate surface area is 125 Å². The van der Waals surface area contributed by atoms with Crippen molar-refractivity contribution in [2.75, 3.05) is 7.11 Å². The monoisotopic (exact) mass is 312 g/mol. The van der Waals surface area contributed by atoms with Crippen molar-refractivity contribution in [3.8, 4) is 11.8 Å². The van der Waals surface area contributed by atoms with Crippen LogP contribution in [0.1, 0.15) is 11.6 Å². The molecule has 120 valence electrons. The lowest BCUT2D eigenvalue weighted by Gasteiger charge is -2.07. The number of carboxylic acids is 2. The number of carboxylic acid groups (broad SMARTS) is 2. The van der Waals surface area contributed by atoms with Gasteiger partial charge in [-0.05, 0) is 17.7 Å². The molecule has 0 bridgehead atoms. The fourth-order valence-electron chi connectivity index (χ4n) is 1.16. The number of methoxy groups -OCH3 is 1. The molecule has 0 fully saturated rings. The molecule has 22 heavy (non-hydrogen) atoms. The summed E-state index contributed by atoms with van der Waals surface area (Å²) >= 11 is 0. The summed E-state index contributed by atoms with van der Waals surface area (Å²) in [5.74, 6) is -2.77. The van der Waals surface area contributed by atoms with Gasteiger partial charge < -0.3 is 30.9 Å². The van der Waals surface area contributed by atoms with Crippen LogP contribution in [0.25, 0.3) is 0 Å². The Bertz CT molecular complexity index is 520. The second kappa shape index (κ2) is 9.30. The Morgan fingerprint density at radius 3 is 1.82 bits per heavy atom. The molecule has 0 saturated heterocycles. The average Bonchev–Trinajstić information content (AvgIpc) is 2.53. The van der Waals surface area contributed by atoms with Gasteiger partial charge in [0.25, 0.3) is 0 Å². The summed E-state index contributed by atoms with van der Waals surface area (Å²) in [5, 5.41) is 41.0. The minimum atomic E-state index is -2.27. The molecule has 0 spiro atoms. The van der Waals surface area contributed by atoms with Gasteiger partial charge in [-0.25, -0.2) is 9.59 Å². The van der Waals surface area contributed by atoms with Crippen LogP contribution < -0.4 is 10.5 Å². The van der Waals surface area contributed by atoms with Gasteiger partial charge in [-0.15, -0.1) is 0 Å². The Balaban J connectivity index is 0.000000409. The molecule has 1 aromatic rings. The predicted molar refractivity (Wildman–Crippen MR) is 72.8 cm³/mol. The SMILES string of the molecule is COc1ccc(C(N)C#N)cc1.O=C(O)C(O)C(O)C(=O)O. The first-order valence-electron chi connectivity index (χ1n) is 5.85. The standard InChI is InChI=1S/C9H10N2O.C4H6O6/c1-12-8-4-2-7(3-5-8)9(11)6-10;5-1(3(7)8)2(6)4(9)10/h2-5,9H,11H2,1H3;1-2,5-6H,(H,7,8)(H,9,10). The first kappa shape index (κ1) is 19.3. The maximum Gasteiger partial charge on any atom is 0.335 e. The number of benzene rings is 1. The van der Waals surface area contributed by atoms with Gasteiger partial charge >= 0.3 is 11.9 Å². The third kappa shape index (κ3) is 6.19. The third-order valence-corrected chi connectivity index (χ3v) is 2.42. The zero-order valence-electron chi connectivity index (χ0n) is 11.6. The summed E-state index contributed by atoms with van der Waals surface area (Å²) < 4.78 is 4.96. The molecule has 1 aromatic carbocycles. The van der Waals surface area contributed by atoms with E-state index < -0.39 is 30.2 Å². The van der Waals surface area contributed by atoms with E-state index in [0.29, 0.717) is 0 Å². The number of hydrogen-bond donors (Lipinski definition) is 5. The highest BCUT2D eigenvalue weighted by molar-refractivity contribution is 5.83. The Hall–Kier alpha value is -2.67. The lowest BCUT2D eigenvalue weighted by molar-refractivity contribution is -0.165. The van der Waals surface area contributed by atoms with Crippen molar-refractivity contribution in [3.63, 3.8) is 0 Å². The summed E-state index contributed by atoms with van der Waals surface area (Å²) in [7, 11) is 1.60. The molecule has 3 unspecified atom stereocenters. The number of aliphatic carboxylic acids is 2. The largest absolute Gasteiger partial charge is 0.497 e. The molecule has 0 aliphatic heterocycles. The molecule has 0 radical (unpaired) electrons. The molecule has 0 aromatic heterocycles. The quantitative estimate of drug-likeness (QED) is 0.461. The zero-order chi connectivity index (χ0) is 17.3. The number of hydrogen-bond acceptors (Lipinski definition) is 7. The van der Waals surface area contributed by atoms with Crippen LogP contribution in [0.5, 0.6) is 5.75 Å². The second-order valence-corrected chi connectivity index (χ2v) is 3.95. The van der Waals surface area contributed by atoms with Crippen LogP contribution in [-0.2, 0) is 9.59 Å².